The van der Waals surface area contributed by atoms with E-state index in [4.69, 9.17) is 5.73 Å². The molecule has 0 spiro atoms. The van der Waals surface area contributed by atoms with E-state index >= 15 is 0 Å². The van der Waals surface area contributed by atoms with Crippen LogP contribution in [-0.4, -0.2) is 38.0 Å². The molecule has 0 aliphatic rings. The lowest BCUT2D eigenvalue weighted by atomic mass is 10.1. The zero-order valence-electron chi connectivity index (χ0n) is 13.3. The molecule has 0 heterocycles. The Hall–Kier alpha value is -2.77. The molecule has 0 unspecified atom stereocenters. The highest BCUT2D eigenvalue weighted by Crippen LogP contribution is 2.31. The quantitative estimate of drug-likeness (QED) is 0.293. The molecule has 0 aromatic heterocycles. The average molecular weight is 342 g/mol. The van der Waals surface area contributed by atoms with Crippen molar-refractivity contribution in [1.29, 1.82) is 0 Å². The van der Waals surface area contributed by atoms with Crippen LogP contribution >= 0.6 is 0 Å². The molecule has 8 heteroatoms. The van der Waals surface area contributed by atoms with Crippen LogP contribution in [0.4, 0.5) is 13.2 Å². The molecule has 0 aliphatic carbocycles. The van der Waals surface area contributed by atoms with Crippen molar-refractivity contribution in [2.75, 3.05) is 21.2 Å². The lowest BCUT2D eigenvalue weighted by molar-refractivity contribution is -0.138. The highest BCUT2D eigenvalue weighted by Gasteiger charge is 2.30. The number of esters is 1. The van der Waals surface area contributed by atoms with E-state index in [0.717, 1.165) is 25.3 Å². The number of carbonyl (C=O) groups excluding carboxylic acids is 2. The first-order valence-electron chi connectivity index (χ1n) is 6.73. The summed E-state index contributed by atoms with van der Waals surface area (Å²) in [5.41, 5.74) is 4.49. The largest absolute Gasteiger partial charge is 0.465 e. The molecular weight excluding hydrogens is 325 g/mol. The Morgan fingerprint density at radius 1 is 1.21 bits per heavy atom. The van der Waals surface area contributed by atoms with Crippen molar-refractivity contribution in [3.05, 3.63) is 53.1 Å². The molecule has 0 bridgehead atoms. The van der Waals surface area contributed by atoms with E-state index in [1.54, 1.807) is 19.0 Å². The number of allylic oxidation sites excluding steroid dienone is 2. The zero-order chi connectivity index (χ0) is 18.5. The molecule has 24 heavy (non-hydrogen) atoms. The molecule has 0 aliphatic heterocycles. The summed E-state index contributed by atoms with van der Waals surface area (Å²) in [7, 11) is 4.31. The third kappa shape index (κ3) is 4.87. The lowest BCUT2D eigenvalue weighted by Crippen LogP contribution is -2.21. The minimum Gasteiger partial charge on any atom is -0.465 e. The standard InChI is InChI=1S/C16H17F3N2O3/c1-21(2)13(8-7-12(14(20)22)15(23)24-3)10-5-4-6-11(9-10)16(17,18)19/h4-9H,1-3H3,(H2,20,22). The van der Waals surface area contributed by atoms with Gasteiger partial charge < -0.3 is 15.4 Å². The van der Waals surface area contributed by atoms with Gasteiger partial charge in [-0.05, 0) is 29.8 Å². The number of rotatable bonds is 5. The highest BCUT2D eigenvalue weighted by atomic mass is 19.4. The minimum absolute atomic E-state index is 0.264. The first kappa shape index (κ1) is 19.3. The lowest BCUT2D eigenvalue weighted by Gasteiger charge is -2.18. The van der Waals surface area contributed by atoms with Gasteiger partial charge in [-0.3, -0.25) is 4.79 Å². The number of hydrogen-bond acceptors (Lipinski definition) is 4. The normalized spacial score (nSPS) is 12.8. The maximum Gasteiger partial charge on any atom is 0.416 e. The van der Waals surface area contributed by atoms with Crippen LogP contribution in [0.15, 0.2) is 42.0 Å². The predicted molar refractivity (Wildman–Crippen MR) is 82.4 cm³/mol. The molecule has 0 atom stereocenters. The monoisotopic (exact) mass is 342 g/mol. The Labute approximate surface area is 137 Å². The van der Waals surface area contributed by atoms with Gasteiger partial charge in [0.1, 0.15) is 5.57 Å². The first-order valence-corrected chi connectivity index (χ1v) is 6.73. The SMILES string of the molecule is COC(=O)C(=CC=C(c1cccc(C(F)(F)F)c1)N(C)C)C(N)=O. The summed E-state index contributed by atoms with van der Waals surface area (Å²) in [6.45, 7) is 0. The smallest absolute Gasteiger partial charge is 0.416 e. The predicted octanol–water partition coefficient (Wildman–Crippen LogP) is 2.19. The van der Waals surface area contributed by atoms with Gasteiger partial charge in [0.25, 0.3) is 5.91 Å². The molecular formula is C16H17F3N2O3. The van der Waals surface area contributed by atoms with Crippen LogP contribution in [0.25, 0.3) is 5.70 Å². The van der Waals surface area contributed by atoms with Gasteiger partial charge in [-0.2, -0.15) is 13.2 Å². The third-order valence-corrected chi connectivity index (χ3v) is 3.05. The number of alkyl halides is 3. The fourth-order valence-electron chi connectivity index (χ4n) is 1.88. The fraction of sp³-hybridized carbons (Fsp3) is 0.250. The van der Waals surface area contributed by atoms with Crippen LogP contribution in [0.3, 0.4) is 0 Å². The van der Waals surface area contributed by atoms with Crippen molar-refractivity contribution in [3.63, 3.8) is 0 Å². The van der Waals surface area contributed by atoms with Crippen LogP contribution in [0.2, 0.25) is 0 Å². The van der Waals surface area contributed by atoms with E-state index in [-0.39, 0.29) is 5.56 Å². The van der Waals surface area contributed by atoms with Crippen LogP contribution in [0, 0.1) is 0 Å². The number of hydrogen-bond donors (Lipinski definition) is 1. The van der Waals surface area contributed by atoms with Gasteiger partial charge in [0.2, 0.25) is 0 Å². The number of primary amides is 1. The molecule has 1 aromatic rings. The van der Waals surface area contributed by atoms with Gasteiger partial charge in [0.15, 0.2) is 0 Å². The second kappa shape index (κ2) is 7.67. The second-order valence-electron chi connectivity index (χ2n) is 4.96. The van der Waals surface area contributed by atoms with Gasteiger partial charge in [-0.25, -0.2) is 4.79 Å². The van der Waals surface area contributed by atoms with Gasteiger partial charge in [-0.1, -0.05) is 12.1 Å². The van der Waals surface area contributed by atoms with E-state index in [1.165, 1.54) is 18.2 Å². The summed E-state index contributed by atoms with van der Waals surface area (Å²) in [4.78, 5) is 24.3. The van der Waals surface area contributed by atoms with Crippen LogP contribution < -0.4 is 5.73 Å². The van der Waals surface area contributed by atoms with E-state index in [0.29, 0.717) is 5.70 Å². The molecule has 0 saturated heterocycles. The number of carbonyl (C=O) groups is 2. The van der Waals surface area contributed by atoms with Gasteiger partial charge >= 0.3 is 12.1 Å². The maximum atomic E-state index is 12.8. The molecule has 0 saturated carbocycles. The Morgan fingerprint density at radius 2 is 1.83 bits per heavy atom. The molecule has 5 nitrogen and oxygen atoms in total. The van der Waals surface area contributed by atoms with Crippen molar-refractivity contribution in [1.82, 2.24) is 4.90 Å². The minimum atomic E-state index is -4.48. The summed E-state index contributed by atoms with van der Waals surface area (Å²) in [6, 6.07) is 4.68. The number of nitrogens with zero attached hydrogens (tertiary/aromatic N) is 1. The molecule has 1 aromatic carbocycles. The number of amides is 1. The Balaban J connectivity index is 3.39. The van der Waals surface area contributed by atoms with Crippen molar-refractivity contribution in [3.8, 4) is 0 Å². The Kier molecular flexibility index (Phi) is 6.16. The highest BCUT2D eigenvalue weighted by molar-refractivity contribution is 6.16. The molecule has 0 fully saturated rings. The van der Waals surface area contributed by atoms with E-state index in [9.17, 15) is 22.8 Å². The summed E-state index contributed by atoms with van der Waals surface area (Å²) < 4.78 is 42.9. The van der Waals surface area contributed by atoms with Crippen molar-refractivity contribution in [2.45, 2.75) is 6.18 Å². The summed E-state index contributed by atoms with van der Waals surface area (Å²) in [5, 5.41) is 0. The molecule has 2 N–H and O–H groups in total. The van der Waals surface area contributed by atoms with Crippen molar-refractivity contribution < 1.29 is 27.5 Å². The molecule has 0 radical (unpaired) electrons. The van der Waals surface area contributed by atoms with E-state index in [1.807, 2.05) is 0 Å². The Morgan fingerprint density at radius 3 is 2.29 bits per heavy atom. The first-order chi connectivity index (χ1) is 11.1. The van der Waals surface area contributed by atoms with Crippen LogP contribution in [0.5, 0.6) is 0 Å². The van der Waals surface area contributed by atoms with Gasteiger partial charge in [0, 0.05) is 19.8 Å². The maximum absolute atomic E-state index is 12.8. The fourth-order valence-corrected chi connectivity index (χ4v) is 1.88. The molecule has 130 valence electrons. The van der Waals surface area contributed by atoms with Crippen molar-refractivity contribution in [2.24, 2.45) is 5.73 Å². The average Bonchev–Trinajstić information content (AvgIpc) is 2.49. The topological polar surface area (TPSA) is 72.6 Å². The number of benzene rings is 1. The van der Waals surface area contributed by atoms with E-state index < -0.39 is 29.2 Å². The summed E-state index contributed by atoms with van der Waals surface area (Å²) in [5.74, 6) is -1.93. The van der Waals surface area contributed by atoms with Gasteiger partial charge in [0.05, 0.1) is 12.7 Å². The zero-order valence-corrected chi connectivity index (χ0v) is 13.3. The van der Waals surface area contributed by atoms with E-state index in [2.05, 4.69) is 4.74 Å². The van der Waals surface area contributed by atoms with Crippen LogP contribution in [0.1, 0.15) is 11.1 Å². The third-order valence-electron chi connectivity index (χ3n) is 3.05. The summed E-state index contributed by atoms with van der Waals surface area (Å²) in [6.07, 6.45) is -2.04. The molecule has 1 rings (SSSR count). The molecule has 1 amide bonds. The second-order valence-corrected chi connectivity index (χ2v) is 4.96. The summed E-state index contributed by atoms with van der Waals surface area (Å²) >= 11 is 0. The number of ether oxygens (including phenoxy) is 1. The van der Waals surface area contributed by atoms with Crippen LogP contribution in [-0.2, 0) is 20.5 Å². The number of nitrogens with two attached hydrogens (primary N) is 1. The number of methoxy groups -OCH3 is 1. The van der Waals surface area contributed by atoms with Crippen molar-refractivity contribution >= 4 is 17.6 Å². The Bertz CT molecular complexity index is 692. The number of halogens is 3. The van der Waals surface area contributed by atoms with Gasteiger partial charge in [-0.15, -0.1) is 0 Å².